The summed E-state index contributed by atoms with van der Waals surface area (Å²) in [4.78, 5) is 51.5. The Hall–Kier alpha value is -3.55. The van der Waals surface area contributed by atoms with Gasteiger partial charge in [-0.2, -0.15) is 0 Å². The van der Waals surface area contributed by atoms with Crippen LogP contribution in [-0.4, -0.2) is 61.1 Å². The number of Topliss-reactive ketones (excluding diaryl/α,β-unsaturated/α-hetero) is 2. The van der Waals surface area contributed by atoms with Crippen molar-refractivity contribution in [1.82, 2.24) is 4.90 Å². The Bertz CT molecular complexity index is 1110. The van der Waals surface area contributed by atoms with Crippen LogP contribution in [0.3, 0.4) is 0 Å². The lowest BCUT2D eigenvalue weighted by molar-refractivity contribution is -0.152. The van der Waals surface area contributed by atoms with Crippen LogP contribution in [0.5, 0.6) is 0 Å². The maximum absolute atomic E-state index is 14.4. The van der Waals surface area contributed by atoms with Crippen molar-refractivity contribution in [2.45, 2.75) is 33.6 Å². The SMILES string of the molecule is CC(=O)c1ccc(N2CCN(C(=O)COC(=O)CCC(=O)c3ccc(C)c(C)c3)CC2)c(F)c1. The number of aryl methyl sites for hydroxylation is 2. The zero-order valence-electron chi connectivity index (χ0n) is 19.7. The summed E-state index contributed by atoms with van der Waals surface area (Å²) in [6.07, 6.45) is -0.0788. The molecule has 0 unspecified atom stereocenters. The van der Waals surface area contributed by atoms with Gasteiger partial charge in [-0.15, -0.1) is 0 Å². The molecular formula is C26H29FN2O5. The van der Waals surface area contributed by atoms with E-state index in [4.69, 9.17) is 4.74 Å². The number of ketones is 2. The number of hydrogen-bond donors (Lipinski definition) is 0. The van der Waals surface area contributed by atoms with E-state index < -0.39 is 18.4 Å². The van der Waals surface area contributed by atoms with Gasteiger partial charge in [-0.3, -0.25) is 19.2 Å². The Morgan fingerprint density at radius 3 is 2.18 bits per heavy atom. The van der Waals surface area contributed by atoms with Crippen LogP contribution in [0.15, 0.2) is 36.4 Å². The molecule has 0 spiro atoms. The largest absolute Gasteiger partial charge is 0.456 e. The van der Waals surface area contributed by atoms with Crippen LogP contribution in [0.2, 0.25) is 0 Å². The number of anilines is 1. The average molecular weight is 469 g/mol. The Morgan fingerprint density at radius 1 is 0.882 bits per heavy atom. The molecule has 0 aromatic heterocycles. The number of benzene rings is 2. The first-order chi connectivity index (χ1) is 16.2. The molecule has 180 valence electrons. The van der Waals surface area contributed by atoms with E-state index in [0.717, 1.165) is 11.1 Å². The number of carbonyl (C=O) groups excluding carboxylic acids is 4. The zero-order valence-corrected chi connectivity index (χ0v) is 19.7. The topological polar surface area (TPSA) is 84.0 Å². The number of hydrogen-bond acceptors (Lipinski definition) is 6. The molecule has 8 heteroatoms. The summed E-state index contributed by atoms with van der Waals surface area (Å²) in [5.74, 6) is -1.76. The summed E-state index contributed by atoms with van der Waals surface area (Å²) >= 11 is 0. The van der Waals surface area contributed by atoms with Gasteiger partial charge >= 0.3 is 5.97 Å². The molecule has 0 N–H and O–H groups in total. The molecule has 34 heavy (non-hydrogen) atoms. The van der Waals surface area contributed by atoms with Gasteiger partial charge < -0.3 is 14.5 Å². The third-order valence-electron chi connectivity index (χ3n) is 6.07. The molecule has 0 radical (unpaired) electrons. The third kappa shape index (κ3) is 6.27. The average Bonchev–Trinajstić information content (AvgIpc) is 2.82. The molecule has 1 fully saturated rings. The predicted octanol–water partition coefficient (Wildman–Crippen LogP) is 3.50. The van der Waals surface area contributed by atoms with Crippen LogP contribution < -0.4 is 4.90 Å². The van der Waals surface area contributed by atoms with Crippen molar-refractivity contribution in [3.05, 3.63) is 64.5 Å². The number of piperazine rings is 1. The highest BCUT2D eigenvalue weighted by Gasteiger charge is 2.24. The Balaban J connectivity index is 1.42. The summed E-state index contributed by atoms with van der Waals surface area (Å²) in [7, 11) is 0. The number of carbonyl (C=O) groups is 4. The Morgan fingerprint density at radius 2 is 1.56 bits per heavy atom. The molecule has 1 aliphatic heterocycles. The molecule has 1 heterocycles. The van der Waals surface area contributed by atoms with Crippen LogP contribution >= 0.6 is 0 Å². The van der Waals surface area contributed by atoms with Crippen LogP contribution in [0, 0.1) is 19.7 Å². The second-order valence-electron chi connectivity index (χ2n) is 8.47. The van der Waals surface area contributed by atoms with Crippen LogP contribution in [0.1, 0.15) is 51.6 Å². The van der Waals surface area contributed by atoms with Crippen molar-refractivity contribution in [2.24, 2.45) is 0 Å². The number of amides is 1. The van der Waals surface area contributed by atoms with Gasteiger partial charge in [-0.1, -0.05) is 12.1 Å². The van der Waals surface area contributed by atoms with Gasteiger partial charge in [0.05, 0.1) is 12.1 Å². The van der Waals surface area contributed by atoms with Gasteiger partial charge in [-0.05, 0) is 56.2 Å². The van der Waals surface area contributed by atoms with E-state index in [-0.39, 0.29) is 30.3 Å². The van der Waals surface area contributed by atoms with E-state index in [9.17, 15) is 23.6 Å². The molecule has 0 aliphatic carbocycles. The second kappa shape index (κ2) is 11.0. The van der Waals surface area contributed by atoms with E-state index in [1.807, 2.05) is 24.8 Å². The number of esters is 1. The highest BCUT2D eigenvalue weighted by Crippen LogP contribution is 2.22. The van der Waals surface area contributed by atoms with Gasteiger partial charge in [0.2, 0.25) is 0 Å². The molecule has 3 rings (SSSR count). The summed E-state index contributed by atoms with van der Waals surface area (Å²) < 4.78 is 19.4. The quantitative estimate of drug-likeness (QED) is 0.436. The zero-order chi connectivity index (χ0) is 24.8. The highest BCUT2D eigenvalue weighted by molar-refractivity contribution is 5.98. The van der Waals surface area contributed by atoms with Gasteiger partial charge in [0.25, 0.3) is 5.91 Å². The predicted molar refractivity (Wildman–Crippen MR) is 126 cm³/mol. The molecule has 0 atom stereocenters. The van der Waals surface area contributed by atoms with Crippen LogP contribution in [0.25, 0.3) is 0 Å². The molecule has 0 bridgehead atoms. The maximum Gasteiger partial charge on any atom is 0.306 e. The lowest BCUT2D eigenvalue weighted by Gasteiger charge is -2.36. The molecule has 1 aliphatic rings. The first-order valence-corrected chi connectivity index (χ1v) is 11.2. The first-order valence-electron chi connectivity index (χ1n) is 11.2. The van der Waals surface area contributed by atoms with Crippen molar-refractivity contribution in [1.29, 1.82) is 0 Å². The minimum Gasteiger partial charge on any atom is -0.456 e. The van der Waals surface area contributed by atoms with Gasteiger partial charge in [0.1, 0.15) is 5.82 Å². The molecule has 2 aromatic rings. The minimum atomic E-state index is -0.600. The number of nitrogens with zero attached hydrogens (tertiary/aromatic N) is 2. The van der Waals surface area contributed by atoms with Gasteiger partial charge in [-0.25, -0.2) is 4.39 Å². The van der Waals surface area contributed by atoms with Crippen molar-refractivity contribution < 1.29 is 28.3 Å². The summed E-state index contributed by atoms with van der Waals surface area (Å²) in [6, 6.07) is 9.79. The summed E-state index contributed by atoms with van der Waals surface area (Å²) in [6.45, 7) is 6.42. The monoisotopic (exact) mass is 468 g/mol. The Labute approximate surface area is 198 Å². The van der Waals surface area contributed by atoms with Crippen molar-refractivity contribution in [3.63, 3.8) is 0 Å². The normalized spacial score (nSPS) is 13.5. The second-order valence-corrected chi connectivity index (χ2v) is 8.47. The summed E-state index contributed by atoms with van der Waals surface area (Å²) in [5.41, 5.74) is 3.35. The first kappa shape index (κ1) is 25.1. The van der Waals surface area contributed by atoms with E-state index in [1.165, 1.54) is 13.0 Å². The van der Waals surface area contributed by atoms with Crippen molar-refractivity contribution >= 4 is 29.1 Å². The maximum atomic E-state index is 14.4. The highest BCUT2D eigenvalue weighted by atomic mass is 19.1. The summed E-state index contributed by atoms with van der Waals surface area (Å²) in [5, 5.41) is 0. The van der Waals surface area contributed by atoms with E-state index in [0.29, 0.717) is 43.0 Å². The van der Waals surface area contributed by atoms with Gasteiger partial charge in [0, 0.05) is 43.7 Å². The van der Waals surface area contributed by atoms with Crippen molar-refractivity contribution in [3.8, 4) is 0 Å². The smallest absolute Gasteiger partial charge is 0.306 e. The molecule has 0 saturated carbocycles. The fourth-order valence-electron chi connectivity index (χ4n) is 3.76. The van der Waals surface area contributed by atoms with E-state index >= 15 is 0 Å². The number of rotatable bonds is 8. The molecule has 2 aromatic carbocycles. The standard InChI is InChI=1S/C26H29FN2O5/c1-17-4-5-21(14-18(17)2)24(31)8-9-26(33)34-16-25(32)29-12-10-28(11-13-29)23-7-6-20(19(3)30)15-22(23)27/h4-7,14-15H,8-13,16H2,1-3H3. The number of ether oxygens (including phenoxy) is 1. The molecule has 1 saturated heterocycles. The minimum absolute atomic E-state index is 0.0161. The van der Waals surface area contributed by atoms with E-state index in [2.05, 4.69) is 0 Å². The fourth-order valence-corrected chi connectivity index (χ4v) is 3.76. The lowest BCUT2D eigenvalue weighted by atomic mass is 10.0. The molecule has 7 nitrogen and oxygen atoms in total. The fraction of sp³-hybridized carbons (Fsp3) is 0.385. The lowest BCUT2D eigenvalue weighted by Crippen LogP contribution is -2.50. The third-order valence-corrected chi connectivity index (χ3v) is 6.07. The molecule has 1 amide bonds. The van der Waals surface area contributed by atoms with E-state index in [1.54, 1.807) is 29.2 Å². The number of halogens is 1. The Kier molecular flexibility index (Phi) is 8.15. The molecular weight excluding hydrogens is 439 g/mol. The van der Waals surface area contributed by atoms with Crippen LogP contribution in [0.4, 0.5) is 10.1 Å². The van der Waals surface area contributed by atoms with Crippen molar-refractivity contribution in [2.75, 3.05) is 37.7 Å². The van der Waals surface area contributed by atoms with Crippen LogP contribution in [-0.2, 0) is 14.3 Å². The van der Waals surface area contributed by atoms with Gasteiger partial charge in [0.15, 0.2) is 18.2 Å².